The lowest BCUT2D eigenvalue weighted by atomic mass is 9.86. The minimum atomic E-state index is -0.328. The van der Waals surface area contributed by atoms with Crippen LogP contribution in [0.1, 0.15) is 20.3 Å². The molecule has 76 valence electrons. The lowest BCUT2D eigenvalue weighted by molar-refractivity contribution is -0.163. The maximum absolute atomic E-state index is 11.2. The van der Waals surface area contributed by atoms with Crippen molar-refractivity contribution in [3.05, 3.63) is 0 Å². The quantitative estimate of drug-likeness (QED) is 0.525. The van der Waals surface area contributed by atoms with E-state index in [1.165, 1.54) is 0 Å². The molecule has 1 rings (SSSR count). The van der Waals surface area contributed by atoms with Crippen molar-refractivity contribution in [1.29, 1.82) is 0 Å². The van der Waals surface area contributed by atoms with Gasteiger partial charge in [0.25, 0.3) is 0 Å². The van der Waals surface area contributed by atoms with Crippen LogP contribution in [0.3, 0.4) is 0 Å². The van der Waals surface area contributed by atoms with Crippen molar-refractivity contribution in [2.75, 3.05) is 18.8 Å². The summed E-state index contributed by atoms with van der Waals surface area (Å²) in [6, 6.07) is 0. The first kappa shape index (κ1) is 10.9. The van der Waals surface area contributed by atoms with Gasteiger partial charge in [-0.1, -0.05) is 0 Å². The highest BCUT2D eigenvalue weighted by atomic mass is 32.1. The zero-order chi connectivity index (χ0) is 9.90. The minimum absolute atomic E-state index is 0.146. The average molecular weight is 203 g/mol. The van der Waals surface area contributed by atoms with Crippen LogP contribution in [0.5, 0.6) is 0 Å². The molecule has 0 saturated carbocycles. The molecule has 1 saturated heterocycles. The van der Waals surface area contributed by atoms with Crippen LogP contribution < -0.4 is 5.32 Å². The first-order chi connectivity index (χ1) is 6.06. The van der Waals surface area contributed by atoms with Crippen LogP contribution in [0.25, 0.3) is 0 Å². The molecule has 3 nitrogen and oxygen atoms in total. The van der Waals surface area contributed by atoms with Gasteiger partial charge in [0.05, 0.1) is 6.42 Å². The molecule has 0 amide bonds. The van der Waals surface area contributed by atoms with E-state index in [4.69, 9.17) is 4.74 Å². The molecule has 1 fully saturated rings. The van der Waals surface area contributed by atoms with E-state index in [2.05, 4.69) is 17.9 Å². The summed E-state index contributed by atoms with van der Waals surface area (Å²) in [5, 5.41) is 3.17. The van der Waals surface area contributed by atoms with Crippen LogP contribution >= 0.6 is 12.6 Å². The monoisotopic (exact) mass is 203 g/mol. The molecule has 0 spiro atoms. The highest BCUT2D eigenvalue weighted by Crippen LogP contribution is 2.25. The molecule has 0 aromatic heterocycles. The first-order valence-electron chi connectivity index (χ1n) is 4.59. The fourth-order valence-electron chi connectivity index (χ4n) is 1.30. The van der Waals surface area contributed by atoms with Crippen molar-refractivity contribution >= 4 is 18.6 Å². The van der Waals surface area contributed by atoms with E-state index in [1.807, 2.05) is 13.8 Å². The van der Waals surface area contributed by atoms with Crippen LogP contribution in [0.15, 0.2) is 0 Å². The Hall–Kier alpha value is -0.220. The Bertz CT molecular complexity index is 190. The molecule has 0 unspecified atom stereocenters. The Kier molecular flexibility index (Phi) is 3.62. The van der Waals surface area contributed by atoms with Crippen molar-refractivity contribution in [1.82, 2.24) is 5.32 Å². The molecule has 1 heterocycles. The predicted molar refractivity (Wildman–Crippen MR) is 55.0 cm³/mol. The number of carbonyl (C=O) groups is 1. The van der Waals surface area contributed by atoms with Crippen LogP contribution in [0, 0.1) is 5.92 Å². The largest absolute Gasteiger partial charge is 0.459 e. The molecule has 1 N–H and O–H groups in total. The van der Waals surface area contributed by atoms with E-state index < -0.39 is 0 Å². The number of ether oxygens (including phenoxy) is 1. The molecule has 0 bridgehead atoms. The fourth-order valence-corrected chi connectivity index (χ4v) is 1.48. The van der Waals surface area contributed by atoms with Crippen LogP contribution in [-0.2, 0) is 9.53 Å². The second-order valence-corrected chi connectivity index (χ2v) is 4.35. The highest BCUT2D eigenvalue weighted by molar-refractivity contribution is 7.80. The second-order valence-electron chi connectivity index (χ2n) is 3.91. The topological polar surface area (TPSA) is 38.3 Å². The Morgan fingerprint density at radius 2 is 2.23 bits per heavy atom. The van der Waals surface area contributed by atoms with Gasteiger partial charge in [0.15, 0.2) is 0 Å². The second kappa shape index (κ2) is 4.33. The number of rotatable bonds is 4. The van der Waals surface area contributed by atoms with E-state index in [0.29, 0.717) is 18.1 Å². The van der Waals surface area contributed by atoms with E-state index >= 15 is 0 Å². The molecule has 0 aromatic carbocycles. The van der Waals surface area contributed by atoms with Gasteiger partial charge in [-0.2, -0.15) is 12.6 Å². The lowest BCUT2D eigenvalue weighted by Gasteiger charge is -2.40. The van der Waals surface area contributed by atoms with E-state index in [-0.39, 0.29) is 11.6 Å². The summed E-state index contributed by atoms with van der Waals surface area (Å²) in [5.74, 6) is 0.862. The molecule has 4 heteroatoms. The van der Waals surface area contributed by atoms with Crippen LogP contribution in [-0.4, -0.2) is 30.4 Å². The van der Waals surface area contributed by atoms with Crippen molar-refractivity contribution < 1.29 is 9.53 Å². The maximum Gasteiger partial charge on any atom is 0.307 e. The van der Waals surface area contributed by atoms with E-state index in [1.54, 1.807) is 0 Å². The third-order valence-electron chi connectivity index (χ3n) is 2.46. The molecule has 0 radical (unpaired) electrons. The SMILES string of the molecule is CC(C)(OC(=O)CCS)C1CNC1. The number of esters is 1. The van der Waals surface area contributed by atoms with Crippen molar-refractivity contribution in [3.8, 4) is 0 Å². The normalized spacial score (nSPS) is 18.1. The zero-order valence-electron chi connectivity index (χ0n) is 8.17. The number of nitrogens with one attached hydrogen (secondary N) is 1. The summed E-state index contributed by atoms with van der Waals surface area (Å²) in [7, 11) is 0. The molecule has 1 aliphatic heterocycles. The van der Waals surface area contributed by atoms with Crippen molar-refractivity contribution in [3.63, 3.8) is 0 Å². The molecular weight excluding hydrogens is 186 g/mol. The minimum Gasteiger partial charge on any atom is -0.459 e. The highest BCUT2D eigenvalue weighted by Gasteiger charge is 2.36. The zero-order valence-corrected chi connectivity index (χ0v) is 9.06. The van der Waals surface area contributed by atoms with Gasteiger partial charge in [0.1, 0.15) is 5.60 Å². The summed E-state index contributed by atoms with van der Waals surface area (Å²) < 4.78 is 5.35. The molecule has 0 atom stereocenters. The smallest absolute Gasteiger partial charge is 0.307 e. The van der Waals surface area contributed by atoms with Gasteiger partial charge in [0, 0.05) is 24.8 Å². The molecule has 1 aliphatic rings. The summed E-state index contributed by atoms with van der Waals surface area (Å²) in [6.45, 7) is 5.83. The average Bonchev–Trinajstić information content (AvgIpc) is 1.79. The van der Waals surface area contributed by atoms with E-state index in [9.17, 15) is 4.79 Å². The maximum atomic E-state index is 11.2. The Morgan fingerprint density at radius 1 is 1.62 bits per heavy atom. The molecule has 0 aromatic rings. The van der Waals surface area contributed by atoms with Gasteiger partial charge >= 0.3 is 5.97 Å². The first-order valence-corrected chi connectivity index (χ1v) is 5.23. The van der Waals surface area contributed by atoms with Crippen molar-refractivity contribution in [2.24, 2.45) is 5.92 Å². The third-order valence-corrected chi connectivity index (χ3v) is 2.68. The predicted octanol–water partition coefficient (Wildman–Crippen LogP) is 0.847. The standard InChI is InChI=1S/C9H17NO2S/c1-9(2,7-5-10-6-7)12-8(11)3-4-13/h7,10,13H,3-6H2,1-2H3. The number of hydrogen-bond donors (Lipinski definition) is 2. The fraction of sp³-hybridized carbons (Fsp3) is 0.889. The number of carbonyl (C=O) groups excluding carboxylic acids is 1. The Balaban J connectivity index is 2.36. The summed E-state index contributed by atoms with van der Waals surface area (Å²) in [5.41, 5.74) is -0.328. The van der Waals surface area contributed by atoms with Gasteiger partial charge in [-0.15, -0.1) is 0 Å². The van der Waals surface area contributed by atoms with Crippen LogP contribution in [0.2, 0.25) is 0 Å². The summed E-state index contributed by atoms with van der Waals surface area (Å²) >= 11 is 3.99. The van der Waals surface area contributed by atoms with Gasteiger partial charge in [-0.05, 0) is 13.8 Å². The molecule has 0 aliphatic carbocycles. The van der Waals surface area contributed by atoms with Gasteiger partial charge in [0.2, 0.25) is 0 Å². The van der Waals surface area contributed by atoms with Crippen molar-refractivity contribution in [2.45, 2.75) is 25.9 Å². The summed E-state index contributed by atoms with van der Waals surface area (Å²) in [4.78, 5) is 11.2. The van der Waals surface area contributed by atoms with Gasteiger partial charge in [-0.3, -0.25) is 4.79 Å². The Labute approximate surface area is 84.6 Å². The molecular formula is C9H17NO2S. The van der Waals surface area contributed by atoms with Gasteiger partial charge in [-0.25, -0.2) is 0 Å². The number of thiol groups is 1. The summed E-state index contributed by atoms with van der Waals surface area (Å²) in [6.07, 6.45) is 0.396. The third kappa shape index (κ3) is 2.88. The Morgan fingerprint density at radius 3 is 2.62 bits per heavy atom. The number of hydrogen-bond acceptors (Lipinski definition) is 4. The molecule has 13 heavy (non-hydrogen) atoms. The van der Waals surface area contributed by atoms with E-state index in [0.717, 1.165) is 13.1 Å². The van der Waals surface area contributed by atoms with Gasteiger partial charge < -0.3 is 10.1 Å². The lowest BCUT2D eigenvalue weighted by Crippen LogP contribution is -2.54. The van der Waals surface area contributed by atoms with Crippen LogP contribution in [0.4, 0.5) is 0 Å².